The van der Waals surface area contributed by atoms with E-state index in [1.54, 1.807) is 7.11 Å². The van der Waals surface area contributed by atoms with Gasteiger partial charge in [0.05, 0.1) is 19.3 Å². The molecule has 0 radical (unpaired) electrons. The molecule has 1 aromatic carbocycles. The van der Waals surface area contributed by atoms with Gasteiger partial charge < -0.3 is 10.1 Å². The third-order valence-corrected chi connectivity index (χ3v) is 2.07. The Balaban J connectivity index is 2.27. The molecule has 0 spiro atoms. The molecule has 0 aliphatic carbocycles. The number of methoxy groups -OCH3 is 1. The number of benzene rings is 1. The topological polar surface area (TPSA) is 64.9 Å². The lowest BCUT2D eigenvalue weighted by atomic mass is 10.3. The molecule has 1 aromatic heterocycles. The summed E-state index contributed by atoms with van der Waals surface area (Å²) in [4.78, 5) is 1.48. The number of hydrogen-bond donors (Lipinski definition) is 1. The molecule has 0 aliphatic heterocycles. The van der Waals surface area contributed by atoms with E-state index in [1.165, 1.54) is 4.80 Å². The van der Waals surface area contributed by atoms with Gasteiger partial charge in [-0.05, 0) is 24.4 Å². The van der Waals surface area contributed by atoms with Crippen molar-refractivity contribution in [1.82, 2.24) is 25.5 Å². The normalized spacial score (nSPS) is 10.4. The maximum absolute atomic E-state index is 5.13. The Hall–Kier alpha value is -1.95. The van der Waals surface area contributed by atoms with E-state index in [0.717, 1.165) is 11.4 Å². The van der Waals surface area contributed by atoms with Crippen molar-refractivity contribution in [2.75, 3.05) is 14.2 Å². The first kappa shape index (κ1) is 10.6. The molecule has 2 aromatic rings. The summed E-state index contributed by atoms with van der Waals surface area (Å²) in [6.45, 7) is 0.601. The van der Waals surface area contributed by atoms with Gasteiger partial charge in [0.25, 0.3) is 0 Å². The van der Waals surface area contributed by atoms with E-state index >= 15 is 0 Å². The van der Waals surface area contributed by atoms with Crippen molar-refractivity contribution in [2.24, 2.45) is 0 Å². The summed E-state index contributed by atoms with van der Waals surface area (Å²) >= 11 is 0. The second-order valence-electron chi connectivity index (χ2n) is 3.23. The molecule has 0 aliphatic rings. The molecule has 1 heterocycles. The fraction of sp³-hybridized carbons (Fsp3) is 0.300. The highest BCUT2D eigenvalue weighted by molar-refractivity contribution is 5.37. The van der Waals surface area contributed by atoms with Crippen molar-refractivity contribution in [2.45, 2.75) is 6.54 Å². The highest BCUT2D eigenvalue weighted by Gasteiger charge is 2.04. The van der Waals surface area contributed by atoms with Gasteiger partial charge >= 0.3 is 0 Å². The molecule has 1 N–H and O–H groups in total. The first-order valence-corrected chi connectivity index (χ1v) is 4.91. The monoisotopic (exact) mass is 219 g/mol. The van der Waals surface area contributed by atoms with Gasteiger partial charge in [0.1, 0.15) is 5.75 Å². The zero-order valence-corrected chi connectivity index (χ0v) is 9.21. The van der Waals surface area contributed by atoms with Gasteiger partial charge in [-0.1, -0.05) is 6.07 Å². The lowest BCUT2D eigenvalue weighted by Crippen LogP contribution is -2.07. The minimum absolute atomic E-state index is 0.601. The highest BCUT2D eigenvalue weighted by Crippen LogP contribution is 2.14. The van der Waals surface area contributed by atoms with Crippen LogP contribution >= 0.6 is 0 Å². The van der Waals surface area contributed by atoms with Crippen LogP contribution in [0.1, 0.15) is 5.82 Å². The van der Waals surface area contributed by atoms with Gasteiger partial charge in [-0.25, -0.2) is 0 Å². The molecule has 0 bridgehead atoms. The van der Waals surface area contributed by atoms with E-state index < -0.39 is 0 Å². The summed E-state index contributed by atoms with van der Waals surface area (Å²) in [5.74, 6) is 1.43. The highest BCUT2D eigenvalue weighted by atomic mass is 16.5. The van der Waals surface area contributed by atoms with Crippen molar-refractivity contribution >= 4 is 0 Å². The van der Waals surface area contributed by atoms with Crippen LogP contribution in [0.4, 0.5) is 0 Å². The van der Waals surface area contributed by atoms with Gasteiger partial charge in [-0.2, -0.15) is 0 Å². The van der Waals surface area contributed by atoms with Crippen LogP contribution in [0.5, 0.6) is 5.75 Å². The van der Waals surface area contributed by atoms with Crippen LogP contribution in [0.3, 0.4) is 0 Å². The second kappa shape index (κ2) is 4.71. The Morgan fingerprint density at radius 2 is 2.31 bits per heavy atom. The van der Waals surface area contributed by atoms with Gasteiger partial charge in [0, 0.05) is 6.07 Å². The van der Waals surface area contributed by atoms with E-state index in [-0.39, 0.29) is 0 Å². The van der Waals surface area contributed by atoms with Gasteiger partial charge in [0.2, 0.25) is 0 Å². The Kier molecular flexibility index (Phi) is 3.11. The van der Waals surface area contributed by atoms with Crippen LogP contribution in [0.2, 0.25) is 0 Å². The average molecular weight is 219 g/mol. The van der Waals surface area contributed by atoms with Crippen LogP contribution in [-0.2, 0) is 6.54 Å². The van der Waals surface area contributed by atoms with E-state index in [9.17, 15) is 0 Å². The maximum atomic E-state index is 5.13. The van der Waals surface area contributed by atoms with Crippen LogP contribution < -0.4 is 10.1 Å². The van der Waals surface area contributed by atoms with Crippen LogP contribution in [0.25, 0.3) is 5.69 Å². The van der Waals surface area contributed by atoms with E-state index in [0.29, 0.717) is 12.4 Å². The summed E-state index contributed by atoms with van der Waals surface area (Å²) < 4.78 is 5.13. The molecule has 0 unspecified atom stereocenters. The van der Waals surface area contributed by atoms with Crippen molar-refractivity contribution in [3.8, 4) is 11.4 Å². The fourth-order valence-corrected chi connectivity index (χ4v) is 1.32. The summed E-state index contributed by atoms with van der Waals surface area (Å²) in [5, 5.41) is 15.1. The molecule has 6 heteroatoms. The summed E-state index contributed by atoms with van der Waals surface area (Å²) in [7, 11) is 3.46. The molecule has 84 valence electrons. The molecule has 0 fully saturated rings. The van der Waals surface area contributed by atoms with Gasteiger partial charge in [-0.3, -0.25) is 0 Å². The minimum Gasteiger partial charge on any atom is -0.497 e. The lowest BCUT2D eigenvalue weighted by Gasteiger charge is -2.01. The number of nitrogens with zero attached hydrogens (tertiary/aromatic N) is 4. The quantitative estimate of drug-likeness (QED) is 0.805. The molecule has 2 rings (SSSR count). The molecule has 0 atom stereocenters. The SMILES string of the molecule is CNCc1nnn(-c2cccc(OC)c2)n1. The van der Waals surface area contributed by atoms with Crippen molar-refractivity contribution in [3.63, 3.8) is 0 Å². The number of tetrazole rings is 1. The van der Waals surface area contributed by atoms with Crippen molar-refractivity contribution in [1.29, 1.82) is 0 Å². The zero-order valence-electron chi connectivity index (χ0n) is 9.21. The molecule has 16 heavy (non-hydrogen) atoms. The Morgan fingerprint density at radius 1 is 1.44 bits per heavy atom. The number of aromatic nitrogens is 4. The zero-order chi connectivity index (χ0) is 11.4. The van der Waals surface area contributed by atoms with Crippen LogP contribution in [0, 0.1) is 0 Å². The molecular formula is C10H13N5O. The van der Waals surface area contributed by atoms with Crippen molar-refractivity contribution in [3.05, 3.63) is 30.1 Å². The Bertz CT molecular complexity index is 468. The third-order valence-electron chi connectivity index (χ3n) is 2.07. The smallest absolute Gasteiger partial charge is 0.188 e. The second-order valence-corrected chi connectivity index (χ2v) is 3.23. The van der Waals surface area contributed by atoms with Crippen molar-refractivity contribution < 1.29 is 4.74 Å². The summed E-state index contributed by atoms with van der Waals surface area (Å²) in [6.07, 6.45) is 0. The molecule has 0 amide bonds. The standard InChI is InChI=1S/C10H13N5O/c1-11-7-10-12-14-15(13-10)8-4-3-5-9(6-8)16-2/h3-6,11H,7H2,1-2H3. The third kappa shape index (κ3) is 2.17. The predicted octanol–water partition coefficient (Wildman–Crippen LogP) is 0.390. The lowest BCUT2D eigenvalue weighted by molar-refractivity contribution is 0.414. The van der Waals surface area contributed by atoms with E-state index in [2.05, 4.69) is 20.7 Å². The van der Waals surface area contributed by atoms with E-state index in [1.807, 2.05) is 31.3 Å². The molecule has 0 saturated heterocycles. The average Bonchev–Trinajstić information content (AvgIpc) is 2.78. The Labute approximate surface area is 93.2 Å². The molecule has 0 saturated carbocycles. The molecule has 6 nitrogen and oxygen atoms in total. The van der Waals surface area contributed by atoms with Gasteiger partial charge in [-0.15, -0.1) is 15.0 Å². The largest absolute Gasteiger partial charge is 0.497 e. The minimum atomic E-state index is 0.601. The number of nitrogens with one attached hydrogen (secondary N) is 1. The number of hydrogen-bond acceptors (Lipinski definition) is 5. The number of rotatable bonds is 4. The van der Waals surface area contributed by atoms with Gasteiger partial charge in [0.15, 0.2) is 5.82 Å². The Morgan fingerprint density at radius 3 is 3.06 bits per heavy atom. The van der Waals surface area contributed by atoms with Crippen LogP contribution in [-0.4, -0.2) is 34.4 Å². The first-order chi connectivity index (χ1) is 7.83. The maximum Gasteiger partial charge on any atom is 0.188 e. The number of ether oxygens (including phenoxy) is 1. The first-order valence-electron chi connectivity index (χ1n) is 4.91. The fourth-order valence-electron chi connectivity index (χ4n) is 1.32. The molecular weight excluding hydrogens is 206 g/mol. The summed E-state index contributed by atoms with van der Waals surface area (Å²) in [6, 6.07) is 7.50. The van der Waals surface area contributed by atoms with E-state index in [4.69, 9.17) is 4.74 Å². The predicted molar refractivity (Wildman–Crippen MR) is 58.5 cm³/mol. The summed E-state index contributed by atoms with van der Waals surface area (Å²) in [5.41, 5.74) is 0.828. The van der Waals surface area contributed by atoms with Crippen LogP contribution in [0.15, 0.2) is 24.3 Å².